The van der Waals surface area contributed by atoms with E-state index in [9.17, 15) is 9.59 Å². The summed E-state index contributed by atoms with van der Waals surface area (Å²) in [6.07, 6.45) is 11.0. The van der Waals surface area contributed by atoms with Crippen molar-refractivity contribution in [1.82, 2.24) is 19.7 Å². The van der Waals surface area contributed by atoms with E-state index in [-0.39, 0.29) is 17.9 Å². The Kier molecular flexibility index (Phi) is 5.54. The van der Waals surface area contributed by atoms with Gasteiger partial charge in [-0.1, -0.05) is 25.7 Å². The molecule has 1 N–H and O–H groups in total. The van der Waals surface area contributed by atoms with Gasteiger partial charge in [-0.15, -0.1) is 0 Å². The first-order chi connectivity index (χ1) is 15.1. The number of hydrogen-bond donors (Lipinski definition) is 1. The molecule has 0 spiro atoms. The van der Waals surface area contributed by atoms with Gasteiger partial charge >= 0.3 is 0 Å². The van der Waals surface area contributed by atoms with Gasteiger partial charge in [0.15, 0.2) is 5.58 Å². The average molecular weight is 427 g/mol. The number of hydrogen-bond acceptors (Lipinski definition) is 4. The molecule has 2 aliphatic heterocycles. The van der Waals surface area contributed by atoms with Crippen LogP contribution in [0, 0.1) is 0 Å². The van der Waals surface area contributed by atoms with Crippen molar-refractivity contribution in [3.63, 3.8) is 0 Å². The molecule has 7 nitrogen and oxygen atoms in total. The van der Waals surface area contributed by atoms with E-state index in [1.807, 2.05) is 28.5 Å². The molecule has 2 aromatic rings. The molecule has 168 valence electrons. The van der Waals surface area contributed by atoms with Gasteiger partial charge in [0.05, 0.1) is 18.3 Å². The number of furan rings is 1. The van der Waals surface area contributed by atoms with Gasteiger partial charge in [-0.25, -0.2) is 0 Å². The zero-order chi connectivity index (χ0) is 21.4. The van der Waals surface area contributed by atoms with Crippen LogP contribution >= 0.6 is 0 Å². The van der Waals surface area contributed by atoms with Crippen LogP contribution in [0.5, 0.6) is 0 Å². The molecule has 1 atom stereocenters. The monoisotopic (exact) mass is 426 g/mol. The van der Waals surface area contributed by atoms with Crippen LogP contribution in [0.4, 0.5) is 0 Å². The lowest BCUT2D eigenvalue weighted by Crippen LogP contribution is -2.65. The van der Waals surface area contributed by atoms with E-state index in [1.54, 1.807) is 6.26 Å². The summed E-state index contributed by atoms with van der Waals surface area (Å²) in [7, 11) is 0. The highest BCUT2D eigenvalue weighted by Gasteiger charge is 2.48. The molecule has 1 aliphatic carbocycles. The second kappa shape index (κ2) is 8.34. The van der Waals surface area contributed by atoms with Crippen molar-refractivity contribution in [3.05, 3.63) is 24.1 Å². The maximum absolute atomic E-state index is 13.7. The molecule has 0 radical (unpaired) electrons. The predicted octanol–water partition coefficient (Wildman–Crippen LogP) is 3.38. The summed E-state index contributed by atoms with van der Waals surface area (Å²) >= 11 is 0. The van der Waals surface area contributed by atoms with Gasteiger partial charge in [0.25, 0.3) is 5.91 Å². The summed E-state index contributed by atoms with van der Waals surface area (Å²) in [6.45, 7) is 5.94. The molecular formula is C24H34N4O3. The van der Waals surface area contributed by atoms with E-state index in [0.717, 1.165) is 50.8 Å². The van der Waals surface area contributed by atoms with Crippen LogP contribution in [0.2, 0.25) is 0 Å². The number of carbonyl (C=O) groups excluding carboxylic acids is 2. The second-order valence-electron chi connectivity index (χ2n) is 9.73. The molecule has 2 fully saturated rings. The lowest BCUT2D eigenvalue weighted by molar-refractivity contribution is -0.133. The van der Waals surface area contributed by atoms with Gasteiger partial charge in [0.2, 0.25) is 5.91 Å². The molecule has 0 unspecified atom stereocenters. The Morgan fingerprint density at radius 3 is 2.61 bits per heavy atom. The van der Waals surface area contributed by atoms with Gasteiger partial charge in [-0.05, 0) is 45.7 Å². The Labute approximate surface area is 183 Å². The van der Waals surface area contributed by atoms with Crippen LogP contribution in [0.3, 0.4) is 0 Å². The van der Waals surface area contributed by atoms with Crippen molar-refractivity contribution >= 4 is 22.9 Å². The Morgan fingerprint density at radius 1 is 1.13 bits per heavy atom. The molecule has 7 heteroatoms. The van der Waals surface area contributed by atoms with Crippen molar-refractivity contribution < 1.29 is 14.0 Å². The fraction of sp³-hybridized carbons (Fsp3) is 0.667. The Bertz CT molecular complexity index is 949. The normalized spacial score (nSPS) is 25.7. The molecule has 1 saturated heterocycles. The Morgan fingerprint density at radius 2 is 1.87 bits per heavy atom. The maximum Gasteiger partial charge on any atom is 0.271 e. The van der Waals surface area contributed by atoms with Gasteiger partial charge in [0.1, 0.15) is 11.2 Å². The minimum atomic E-state index is -0.917. The molecule has 1 saturated carbocycles. The van der Waals surface area contributed by atoms with Crippen molar-refractivity contribution in [1.29, 1.82) is 0 Å². The van der Waals surface area contributed by atoms with Crippen LogP contribution in [0.15, 0.2) is 22.8 Å². The maximum atomic E-state index is 13.7. The number of nitrogens with zero attached hydrogens (tertiary/aromatic N) is 3. The van der Waals surface area contributed by atoms with Gasteiger partial charge in [0, 0.05) is 31.3 Å². The summed E-state index contributed by atoms with van der Waals surface area (Å²) in [5.74, 6) is -0.0967. The van der Waals surface area contributed by atoms with Crippen molar-refractivity contribution in [3.8, 4) is 0 Å². The molecule has 3 aliphatic rings. The summed E-state index contributed by atoms with van der Waals surface area (Å²) < 4.78 is 7.53. The van der Waals surface area contributed by atoms with Crippen LogP contribution in [-0.2, 0) is 11.3 Å². The number of aromatic nitrogens is 1. The highest BCUT2D eigenvalue weighted by atomic mass is 16.3. The third-order valence-corrected chi connectivity index (χ3v) is 7.57. The van der Waals surface area contributed by atoms with Crippen molar-refractivity contribution in [2.24, 2.45) is 0 Å². The highest BCUT2D eigenvalue weighted by molar-refractivity contribution is 6.02. The lowest BCUT2D eigenvalue weighted by atomic mass is 9.93. The summed E-state index contributed by atoms with van der Waals surface area (Å²) in [5, 5.41) is 3.33. The van der Waals surface area contributed by atoms with Crippen LogP contribution in [0.1, 0.15) is 68.8 Å². The smallest absolute Gasteiger partial charge is 0.271 e. The van der Waals surface area contributed by atoms with Gasteiger partial charge in [-0.2, -0.15) is 0 Å². The fourth-order valence-corrected chi connectivity index (χ4v) is 5.64. The molecule has 0 aromatic carbocycles. The first-order valence-electron chi connectivity index (χ1n) is 12.0. The number of fused-ring (bicyclic) bond motifs is 3. The Hall–Kier alpha value is -2.28. The fourth-order valence-electron chi connectivity index (χ4n) is 5.64. The van der Waals surface area contributed by atoms with Gasteiger partial charge in [-0.3, -0.25) is 9.59 Å². The van der Waals surface area contributed by atoms with Crippen LogP contribution < -0.4 is 5.32 Å². The highest BCUT2D eigenvalue weighted by Crippen LogP contribution is 2.33. The minimum absolute atomic E-state index is 0.0230. The largest absolute Gasteiger partial charge is 0.463 e. The Balaban J connectivity index is 1.43. The molecule has 5 rings (SSSR count). The molecule has 31 heavy (non-hydrogen) atoms. The van der Waals surface area contributed by atoms with Crippen LogP contribution in [-0.4, -0.2) is 63.9 Å². The SMILES string of the molecule is C[C@]1(C(=O)NC2CCCCCC2)Cn2c(cc3occc32)C(=O)N1CCN1CCCC1. The number of amides is 2. The van der Waals surface area contributed by atoms with E-state index < -0.39 is 5.54 Å². The molecule has 2 aromatic heterocycles. The van der Waals surface area contributed by atoms with E-state index in [4.69, 9.17) is 4.42 Å². The standard InChI is InChI=1S/C24H34N4O3/c1-24(23(30)25-18-8-4-2-3-5-9-18)17-27-19-10-15-31-21(19)16-20(27)22(29)28(24)14-13-26-11-6-7-12-26/h10,15-16,18H,2-9,11-14,17H2,1H3,(H,25,30)/t24-/m1/s1. The summed E-state index contributed by atoms with van der Waals surface area (Å²) in [5.41, 5.74) is 1.29. The lowest BCUT2D eigenvalue weighted by Gasteiger charge is -2.45. The molecular weight excluding hydrogens is 392 g/mol. The first-order valence-corrected chi connectivity index (χ1v) is 12.0. The van der Waals surface area contributed by atoms with E-state index in [2.05, 4.69) is 10.2 Å². The average Bonchev–Trinajstić information content (AvgIpc) is 3.45. The topological polar surface area (TPSA) is 70.7 Å². The zero-order valence-corrected chi connectivity index (χ0v) is 18.6. The van der Waals surface area contributed by atoms with Crippen molar-refractivity contribution in [2.75, 3.05) is 26.2 Å². The van der Waals surface area contributed by atoms with E-state index in [1.165, 1.54) is 25.7 Å². The second-order valence-corrected chi connectivity index (χ2v) is 9.73. The third-order valence-electron chi connectivity index (χ3n) is 7.57. The number of carbonyl (C=O) groups is 2. The summed E-state index contributed by atoms with van der Waals surface area (Å²) in [4.78, 5) is 31.5. The summed E-state index contributed by atoms with van der Waals surface area (Å²) in [6, 6.07) is 3.92. The number of likely N-dealkylation sites (tertiary alicyclic amines) is 1. The number of rotatable bonds is 5. The molecule has 4 heterocycles. The predicted molar refractivity (Wildman–Crippen MR) is 119 cm³/mol. The number of nitrogens with one attached hydrogen (secondary N) is 1. The minimum Gasteiger partial charge on any atom is -0.463 e. The zero-order valence-electron chi connectivity index (χ0n) is 18.6. The van der Waals surface area contributed by atoms with E-state index >= 15 is 0 Å². The quantitative estimate of drug-likeness (QED) is 0.744. The molecule has 2 amide bonds. The van der Waals surface area contributed by atoms with Crippen LogP contribution in [0.25, 0.3) is 11.1 Å². The van der Waals surface area contributed by atoms with Gasteiger partial charge < -0.3 is 24.1 Å². The van der Waals surface area contributed by atoms with Crippen molar-refractivity contribution in [2.45, 2.75) is 76.4 Å². The molecule has 0 bridgehead atoms. The first kappa shape index (κ1) is 20.6. The third kappa shape index (κ3) is 3.77. The van der Waals surface area contributed by atoms with E-state index in [0.29, 0.717) is 24.4 Å².